The Morgan fingerprint density at radius 1 is 1.33 bits per heavy atom. The zero-order chi connectivity index (χ0) is 17.3. The minimum Gasteiger partial charge on any atom is -0.480 e. The number of fused-ring (bicyclic) bond motifs is 1. The molecule has 122 valence electrons. The Kier molecular flexibility index (Phi) is 3.97. The fourth-order valence-electron chi connectivity index (χ4n) is 2.66. The quantitative estimate of drug-likeness (QED) is 0.485. The Balaban J connectivity index is 2.16. The summed E-state index contributed by atoms with van der Waals surface area (Å²) in [5, 5.41) is 20.8. The molecule has 24 heavy (non-hydrogen) atoms. The summed E-state index contributed by atoms with van der Waals surface area (Å²) < 4.78 is 0. The van der Waals surface area contributed by atoms with Crippen molar-refractivity contribution >= 4 is 22.6 Å². The van der Waals surface area contributed by atoms with Gasteiger partial charge in [0.05, 0.1) is 15.8 Å². The van der Waals surface area contributed by atoms with E-state index < -0.39 is 16.9 Å². The van der Waals surface area contributed by atoms with Gasteiger partial charge >= 0.3 is 5.97 Å². The number of non-ortho nitro benzene ring substituents is 1. The maximum atomic E-state index is 11.5. The van der Waals surface area contributed by atoms with Crippen molar-refractivity contribution in [2.24, 2.45) is 5.73 Å². The molecule has 1 aromatic carbocycles. The van der Waals surface area contributed by atoms with Crippen molar-refractivity contribution in [3.8, 4) is 11.1 Å². The van der Waals surface area contributed by atoms with E-state index in [2.05, 4.69) is 9.97 Å². The summed E-state index contributed by atoms with van der Waals surface area (Å²) in [6, 6.07) is 5.65. The number of pyridine rings is 1. The third-order valence-corrected chi connectivity index (χ3v) is 3.81. The Bertz CT molecular complexity index is 920. The van der Waals surface area contributed by atoms with Crippen LogP contribution >= 0.6 is 0 Å². The molecule has 1 unspecified atom stereocenters. The third kappa shape index (κ3) is 2.82. The summed E-state index contributed by atoms with van der Waals surface area (Å²) in [5.41, 5.74) is 8.01. The number of aliphatic carboxylic acids is 1. The summed E-state index contributed by atoms with van der Waals surface area (Å²) >= 11 is 0. The van der Waals surface area contributed by atoms with Crippen molar-refractivity contribution in [2.45, 2.75) is 12.5 Å². The highest BCUT2D eigenvalue weighted by Gasteiger charge is 2.22. The van der Waals surface area contributed by atoms with Crippen LogP contribution in [0.15, 0.2) is 42.9 Å². The van der Waals surface area contributed by atoms with Gasteiger partial charge < -0.3 is 15.8 Å². The molecular formula is C16H14N4O4. The zero-order valence-corrected chi connectivity index (χ0v) is 12.5. The predicted octanol–water partition coefficient (Wildman–Crippen LogP) is 2.09. The smallest absolute Gasteiger partial charge is 0.320 e. The molecule has 0 aliphatic carbocycles. The molecule has 8 nitrogen and oxygen atoms in total. The van der Waals surface area contributed by atoms with E-state index >= 15 is 0 Å². The molecule has 0 aliphatic heterocycles. The van der Waals surface area contributed by atoms with E-state index in [0.717, 1.165) is 5.56 Å². The Morgan fingerprint density at radius 3 is 2.67 bits per heavy atom. The fraction of sp³-hybridized carbons (Fsp3) is 0.125. The lowest BCUT2D eigenvalue weighted by Crippen LogP contribution is -2.32. The van der Waals surface area contributed by atoms with Gasteiger partial charge in [-0.1, -0.05) is 0 Å². The monoisotopic (exact) mass is 326 g/mol. The van der Waals surface area contributed by atoms with E-state index in [4.69, 9.17) is 10.8 Å². The van der Waals surface area contributed by atoms with Crippen LogP contribution in [0.5, 0.6) is 0 Å². The number of aromatic nitrogens is 2. The Morgan fingerprint density at radius 2 is 2.04 bits per heavy atom. The molecule has 2 heterocycles. The number of nitro benzene ring substituents is 1. The first-order chi connectivity index (χ1) is 11.5. The number of nitro groups is 1. The summed E-state index contributed by atoms with van der Waals surface area (Å²) in [6.07, 6.45) is 4.79. The van der Waals surface area contributed by atoms with Gasteiger partial charge in [0.1, 0.15) is 6.04 Å². The van der Waals surface area contributed by atoms with Gasteiger partial charge in [0, 0.05) is 31.1 Å². The average molecular weight is 326 g/mol. The molecule has 0 radical (unpaired) electrons. The van der Waals surface area contributed by atoms with E-state index in [9.17, 15) is 14.9 Å². The van der Waals surface area contributed by atoms with Gasteiger partial charge in [-0.25, -0.2) is 0 Å². The number of carbonyl (C=O) groups is 1. The van der Waals surface area contributed by atoms with Crippen molar-refractivity contribution in [3.63, 3.8) is 0 Å². The summed E-state index contributed by atoms with van der Waals surface area (Å²) in [4.78, 5) is 28.9. The van der Waals surface area contributed by atoms with Crippen LogP contribution in [0.25, 0.3) is 22.0 Å². The van der Waals surface area contributed by atoms with E-state index in [1.54, 1.807) is 36.8 Å². The molecule has 0 saturated carbocycles. The maximum Gasteiger partial charge on any atom is 0.320 e. The molecule has 0 fully saturated rings. The SMILES string of the molecule is NC(Cc1c[nH]c2cc(-c3ccncc3)cc([N+](=O)[O-])c12)C(=O)O. The highest BCUT2D eigenvalue weighted by Crippen LogP contribution is 2.34. The molecule has 4 N–H and O–H groups in total. The molecule has 8 heteroatoms. The van der Waals surface area contributed by atoms with Crippen molar-refractivity contribution in [1.29, 1.82) is 0 Å². The number of aromatic amines is 1. The number of nitrogens with zero attached hydrogens (tertiary/aromatic N) is 2. The van der Waals surface area contributed by atoms with Gasteiger partial charge in [0.25, 0.3) is 5.69 Å². The second kappa shape index (κ2) is 6.09. The summed E-state index contributed by atoms with van der Waals surface area (Å²) in [6.45, 7) is 0. The van der Waals surface area contributed by atoms with Crippen molar-refractivity contribution in [1.82, 2.24) is 9.97 Å². The molecule has 0 saturated heterocycles. The molecule has 2 aromatic heterocycles. The number of hydrogen-bond acceptors (Lipinski definition) is 5. The zero-order valence-electron chi connectivity index (χ0n) is 12.5. The Labute approximate surface area is 136 Å². The fourth-order valence-corrected chi connectivity index (χ4v) is 2.66. The van der Waals surface area contributed by atoms with Gasteiger partial charge in [-0.2, -0.15) is 0 Å². The van der Waals surface area contributed by atoms with Gasteiger partial charge in [-0.15, -0.1) is 0 Å². The number of carboxylic acids is 1. The lowest BCUT2D eigenvalue weighted by atomic mass is 10.00. The Hall–Kier alpha value is -3.26. The second-order valence-corrected chi connectivity index (χ2v) is 5.37. The van der Waals surface area contributed by atoms with Crippen LogP contribution in [-0.4, -0.2) is 32.0 Å². The third-order valence-electron chi connectivity index (χ3n) is 3.81. The lowest BCUT2D eigenvalue weighted by Gasteiger charge is -2.07. The van der Waals surface area contributed by atoms with Crippen LogP contribution in [0.3, 0.4) is 0 Å². The number of rotatable bonds is 5. The lowest BCUT2D eigenvalue weighted by molar-refractivity contribution is -0.383. The summed E-state index contributed by atoms with van der Waals surface area (Å²) in [5.74, 6) is -1.15. The van der Waals surface area contributed by atoms with Crippen LogP contribution < -0.4 is 5.73 Å². The number of benzene rings is 1. The standard InChI is InChI=1S/C16H14N4O4/c17-12(16(21)22)5-11-8-19-13-6-10(9-1-3-18-4-2-9)7-14(15(11)13)20(23)24/h1-4,6-8,12,19H,5,17H2,(H,21,22). The average Bonchev–Trinajstić information content (AvgIpc) is 2.97. The van der Waals surface area contributed by atoms with Gasteiger partial charge in [0.2, 0.25) is 0 Å². The van der Waals surface area contributed by atoms with Crippen LogP contribution in [0.4, 0.5) is 5.69 Å². The number of hydrogen-bond donors (Lipinski definition) is 3. The number of carboxylic acid groups (broad SMARTS) is 1. The molecule has 0 aliphatic rings. The molecule has 1 atom stereocenters. The molecule has 0 amide bonds. The molecule has 0 spiro atoms. The molecular weight excluding hydrogens is 312 g/mol. The molecule has 3 rings (SSSR count). The van der Waals surface area contributed by atoms with E-state index in [0.29, 0.717) is 22.0 Å². The van der Waals surface area contributed by atoms with Crippen LogP contribution in [0.2, 0.25) is 0 Å². The topological polar surface area (TPSA) is 135 Å². The largest absolute Gasteiger partial charge is 0.480 e. The van der Waals surface area contributed by atoms with Crippen LogP contribution in [0, 0.1) is 10.1 Å². The van der Waals surface area contributed by atoms with Crippen molar-refractivity contribution < 1.29 is 14.8 Å². The van der Waals surface area contributed by atoms with Gasteiger partial charge in [0.15, 0.2) is 0 Å². The normalized spacial score (nSPS) is 12.2. The first-order valence-corrected chi connectivity index (χ1v) is 7.14. The minimum absolute atomic E-state index is 0.00474. The minimum atomic E-state index is -1.15. The van der Waals surface area contributed by atoms with Crippen molar-refractivity contribution in [2.75, 3.05) is 0 Å². The number of nitrogens with one attached hydrogen (secondary N) is 1. The van der Waals surface area contributed by atoms with Gasteiger partial charge in [-0.05, 0) is 34.9 Å². The predicted molar refractivity (Wildman–Crippen MR) is 87.5 cm³/mol. The number of H-pyrrole nitrogens is 1. The van der Waals surface area contributed by atoms with E-state index in [1.165, 1.54) is 6.07 Å². The maximum absolute atomic E-state index is 11.5. The summed E-state index contributed by atoms with van der Waals surface area (Å²) in [7, 11) is 0. The van der Waals surface area contributed by atoms with Crippen LogP contribution in [0.1, 0.15) is 5.56 Å². The van der Waals surface area contributed by atoms with Gasteiger partial charge in [-0.3, -0.25) is 19.9 Å². The van der Waals surface area contributed by atoms with E-state index in [-0.39, 0.29) is 12.1 Å². The van der Waals surface area contributed by atoms with Crippen molar-refractivity contribution in [3.05, 3.63) is 58.5 Å². The molecule has 3 aromatic rings. The first-order valence-electron chi connectivity index (χ1n) is 7.14. The molecule has 0 bridgehead atoms. The highest BCUT2D eigenvalue weighted by atomic mass is 16.6. The number of nitrogens with two attached hydrogens (primary N) is 1. The first kappa shape index (κ1) is 15.6. The van der Waals surface area contributed by atoms with E-state index in [1.807, 2.05) is 0 Å². The van der Waals surface area contributed by atoms with Crippen LogP contribution in [-0.2, 0) is 11.2 Å². The highest BCUT2D eigenvalue weighted by molar-refractivity contribution is 5.96. The second-order valence-electron chi connectivity index (χ2n) is 5.37.